The molecule has 0 saturated heterocycles. The topological polar surface area (TPSA) is 71.1 Å². The van der Waals surface area contributed by atoms with Crippen LogP contribution in [0.2, 0.25) is 0 Å². The first kappa shape index (κ1) is 20.4. The molecule has 0 amide bonds. The van der Waals surface area contributed by atoms with Crippen LogP contribution in [0, 0.1) is 0 Å². The van der Waals surface area contributed by atoms with Crippen molar-refractivity contribution in [1.29, 1.82) is 0 Å². The predicted octanol–water partition coefficient (Wildman–Crippen LogP) is 2.10. The smallest absolute Gasteiger partial charge is 0.240 e. The minimum atomic E-state index is -3.67. The maximum absolute atomic E-state index is 12.8. The lowest BCUT2D eigenvalue weighted by Gasteiger charge is -2.26. The number of hydrogen-bond acceptors (Lipinski definition) is 6. The number of hydrogen-bond donors (Lipinski definition) is 1. The van der Waals surface area contributed by atoms with Crippen LogP contribution in [0.4, 0.5) is 5.69 Å². The van der Waals surface area contributed by atoms with Crippen LogP contribution in [0.25, 0.3) is 0 Å². The Morgan fingerprint density at radius 2 is 1.61 bits per heavy atom. The van der Waals surface area contributed by atoms with Crippen molar-refractivity contribution in [2.45, 2.75) is 10.9 Å². The highest BCUT2D eigenvalue weighted by Crippen LogP contribution is 2.32. The van der Waals surface area contributed by atoms with Gasteiger partial charge in [0.05, 0.1) is 4.90 Å². The molecule has 2 aromatic carbocycles. The van der Waals surface area contributed by atoms with Gasteiger partial charge in [0.2, 0.25) is 10.0 Å². The molecule has 0 unspecified atom stereocenters. The summed E-state index contributed by atoms with van der Waals surface area (Å²) in [6, 6.07) is 12.7. The van der Waals surface area contributed by atoms with Crippen molar-refractivity contribution < 1.29 is 17.9 Å². The van der Waals surface area contributed by atoms with Gasteiger partial charge >= 0.3 is 0 Å². The van der Waals surface area contributed by atoms with Gasteiger partial charge in [-0.25, -0.2) is 13.1 Å². The molecule has 3 rings (SSSR count). The SMILES string of the molecule is CN(C)c1ccc([C@@H](CNS(=O)(=O)c2ccc3c(c2)OCCO3)N(C)C)cc1. The van der Waals surface area contributed by atoms with Crippen molar-refractivity contribution >= 4 is 15.7 Å². The van der Waals surface area contributed by atoms with Crippen molar-refractivity contribution in [3.63, 3.8) is 0 Å². The van der Waals surface area contributed by atoms with Gasteiger partial charge in [-0.05, 0) is 43.9 Å². The highest BCUT2D eigenvalue weighted by molar-refractivity contribution is 7.89. The van der Waals surface area contributed by atoms with E-state index >= 15 is 0 Å². The van der Waals surface area contributed by atoms with Gasteiger partial charge < -0.3 is 19.3 Å². The van der Waals surface area contributed by atoms with E-state index in [4.69, 9.17) is 9.47 Å². The summed E-state index contributed by atoms with van der Waals surface area (Å²) >= 11 is 0. The van der Waals surface area contributed by atoms with E-state index in [-0.39, 0.29) is 17.5 Å². The number of fused-ring (bicyclic) bond motifs is 1. The number of benzene rings is 2. The standard InChI is InChI=1S/C20H27N3O4S/c1-22(2)16-7-5-15(6-8-16)18(23(3)4)14-21-28(24,25)17-9-10-19-20(13-17)27-12-11-26-19/h5-10,13,18,21H,11-12,14H2,1-4H3/t18-/m1/s1. The van der Waals surface area contributed by atoms with Crippen molar-refractivity contribution in [1.82, 2.24) is 9.62 Å². The minimum Gasteiger partial charge on any atom is -0.486 e. The molecule has 28 heavy (non-hydrogen) atoms. The van der Waals surface area contributed by atoms with Crippen molar-refractivity contribution in [2.24, 2.45) is 0 Å². The first-order chi connectivity index (χ1) is 13.3. The van der Waals surface area contributed by atoms with Gasteiger partial charge in [0, 0.05) is 38.4 Å². The van der Waals surface area contributed by atoms with Crippen LogP contribution < -0.4 is 19.1 Å². The molecule has 0 bridgehead atoms. The summed E-state index contributed by atoms with van der Waals surface area (Å²) in [5.41, 5.74) is 2.14. The summed E-state index contributed by atoms with van der Waals surface area (Å²) in [4.78, 5) is 4.19. The average Bonchev–Trinajstić information content (AvgIpc) is 2.67. The van der Waals surface area contributed by atoms with E-state index in [1.807, 2.05) is 62.3 Å². The lowest BCUT2D eigenvalue weighted by atomic mass is 10.1. The minimum absolute atomic E-state index is 0.0943. The number of likely N-dealkylation sites (N-methyl/N-ethyl adjacent to an activating group) is 1. The number of nitrogens with zero attached hydrogens (tertiary/aromatic N) is 2. The summed E-state index contributed by atoms with van der Waals surface area (Å²) in [6.45, 7) is 1.13. The zero-order valence-electron chi connectivity index (χ0n) is 16.7. The Labute approximate surface area is 166 Å². The van der Waals surface area contributed by atoms with Crippen LogP contribution in [-0.4, -0.2) is 61.3 Å². The number of rotatable bonds is 7. The Bertz CT molecular complexity index is 912. The Kier molecular flexibility index (Phi) is 6.12. The van der Waals surface area contributed by atoms with Gasteiger partial charge in [0.15, 0.2) is 11.5 Å². The third kappa shape index (κ3) is 4.57. The molecule has 152 valence electrons. The monoisotopic (exact) mass is 405 g/mol. The van der Waals surface area contributed by atoms with E-state index in [2.05, 4.69) is 4.72 Å². The molecule has 0 aromatic heterocycles. The molecule has 0 saturated carbocycles. The van der Waals surface area contributed by atoms with E-state index < -0.39 is 10.0 Å². The van der Waals surface area contributed by atoms with Crippen LogP contribution in [0.15, 0.2) is 47.4 Å². The summed E-state index contributed by atoms with van der Waals surface area (Å²) in [7, 11) is 4.17. The first-order valence-electron chi connectivity index (χ1n) is 9.11. The van der Waals surface area contributed by atoms with Gasteiger partial charge in [0.25, 0.3) is 0 Å². The van der Waals surface area contributed by atoms with Gasteiger partial charge in [-0.1, -0.05) is 12.1 Å². The second-order valence-corrected chi connectivity index (χ2v) is 8.89. The van der Waals surface area contributed by atoms with Crippen LogP contribution in [0.3, 0.4) is 0 Å². The van der Waals surface area contributed by atoms with Crippen LogP contribution in [0.5, 0.6) is 11.5 Å². The van der Waals surface area contributed by atoms with Gasteiger partial charge in [-0.3, -0.25) is 0 Å². The molecular formula is C20H27N3O4S. The van der Waals surface area contributed by atoms with E-state index in [0.29, 0.717) is 24.7 Å². The second-order valence-electron chi connectivity index (χ2n) is 7.12. The van der Waals surface area contributed by atoms with Gasteiger partial charge in [-0.2, -0.15) is 0 Å². The molecule has 0 spiro atoms. The molecule has 1 atom stereocenters. The molecule has 2 aromatic rings. The molecule has 0 fully saturated rings. The quantitative estimate of drug-likeness (QED) is 0.761. The summed E-state index contributed by atoms with van der Waals surface area (Å²) < 4.78 is 39.2. The third-order valence-corrected chi connectivity index (χ3v) is 6.13. The first-order valence-corrected chi connectivity index (χ1v) is 10.6. The maximum Gasteiger partial charge on any atom is 0.240 e. The van der Waals surface area contributed by atoms with Crippen LogP contribution in [-0.2, 0) is 10.0 Å². The normalized spacial score (nSPS) is 14.8. The number of ether oxygens (including phenoxy) is 2. The molecule has 1 N–H and O–H groups in total. The van der Waals surface area contributed by atoms with Crippen molar-refractivity contribution in [3.8, 4) is 11.5 Å². The van der Waals surface area contributed by atoms with E-state index in [0.717, 1.165) is 11.3 Å². The Morgan fingerprint density at radius 1 is 0.964 bits per heavy atom. The maximum atomic E-state index is 12.8. The average molecular weight is 406 g/mol. The Balaban J connectivity index is 1.75. The molecular weight excluding hydrogens is 378 g/mol. The van der Waals surface area contributed by atoms with E-state index in [1.165, 1.54) is 12.1 Å². The van der Waals surface area contributed by atoms with Gasteiger partial charge in [-0.15, -0.1) is 0 Å². The second kappa shape index (κ2) is 8.38. The lowest BCUT2D eigenvalue weighted by molar-refractivity contribution is 0.171. The zero-order valence-corrected chi connectivity index (χ0v) is 17.5. The Hall–Kier alpha value is -2.29. The number of nitrogens with one attached hydrogen (secondary N) is 1. The fraction of sp³-hybridized carbons (Fsp3) is 0.400. The predicted molar refractivity (Wildman–Crippen MR) is 110 cm³/mol. The number of anilines is 1. The molecule has 1 aliphatic heterocycles. The number of sulfonamides is 1. The molecule has 8 heteroatoms. The Morgan fingerprint density at radius 3 is 2.21 bits per heavy atom. The molecule has 1 heterocycles. The van der Waals surface area contributed by atoms with Crippen LogP contribution in [0.1, 0.15) is 11.6 Å². The van der Waals surface area contributed by atoms with E-state index in [1.54, 1.807) is 6.07 Å². The zero-order chi connectivity index (χ0) is 20.3. The molecule has 7 nitrogen and oxygen atoms in total. The summed E-state index contributed by atoms with van der Waals surface area (Å²) in [5.74, 6) is 1.02. The molecule has 0 radical (unpaired) electrons. The van der Waals surface area contributed by atoms with Crippen molar-refractivity contribution in [2.75, 3.05) is 52.8 Å². The highest BCUT2D eigenvalue weighted by Gasteiger charge is 2.22. The fourth-order valence-corrected chi connectivity index (χ4v) is 4.11. The third-order valence-electron chi connectivity index (χ3n) is 4.71. The van der Waals surface area contributed by atoms with E-state index in [9.17, 15) is 8.42 Å². The molecule has 1 aliphatic rings. The van der Waals surface area contributed by atoms with Crippen LogP contribution >= 0.6 is 0 Å². The molecule has 0 aliphatic carbocycles. The lowest BCUT2D eigenvalue weighted by Crippen LogP contribution is -2.34. The largest absolute Gasteiger partial charge is 0.486 e. The summed E-state index contributed by atoms with van der Waals surface area (Å²) in [6.07, 6.45) is 0. The fourth-order valence-electron chi connectivity index (χ4n) is 3.06. The highest BCUT2D eigenvalue weighted by atomic mass is 32.2. The summed E-state index contributed by atoms with van der Waals surface area (Å²) in [5, 5.41) is 0. The van der Waals surface area contributed by atoms with Gasteiger partial charge in [0.1, 0.15) is 13.2 Å². The van der Waals surface area contributed by atoms with Crippen molar-refractivity contribution in [3.05, 3.63) is 48.0 Å².